The van der Waals surface area contributed by atoms with E-state index in [0.717, 1.165) is 18.0 Å². The van der Waals surface area contributed by atoms with Crippen LogP contribution in [0.4, 0.5) is 13.2 Å². The summed E-state index contributed by atoms with van der Waals surface area (Å²) < 4.78 is 46.7. The molecule has 1 amide bonds. The van der Waals surface area contributed by atoms with Gasteiger partial charge in [-0.25, -0.2) is 9.97 Å². The zero-order valence-electron chi connectivity index (χ0n) is 16.8. The van der Waals surface area contributed by atoms with Crippen molar-refractivity contribution in [2.45, 2.75) is 57.3 Å². The summed E-state index contributed by atoms with van der Waals surface area (Å²) in [7, 11) is 0. The number of carbonyl (C=O) groups excluding carboxylic acids is 1. The second-order valence-corrected chi connectivity index (χ2v) is 8.61. The molecular weight excluding hydrogens is 421 g/mol. The molecule has 0 unspecified atom stereocenters. The maximum absolute atomic E-state index is 13.1. The van der Waals surface area contributed by atoms with Gasteiger partial charge in [-0.15, -0.1) is 0 Å². The van der Waals surface area contributed by atoms with Crippen molar-refractivity contribution in [3.05, 3.63) is 34.7 Å². The number of nitrogens with zero attached hydrogens (tertiary/aromatic N) is 4. The van der Waals surface area contributed by atoms with E-state index in [1.165, 1.54) is 18.3 Å². The Morgan fingerprint density at radius 3 is 2.73 bits per heavy atom. The number of pyridine rings is 1. The summed E-state index contributed by atoms with van der Waals surface area (Å²) >= 11 is 1.12. The molecule has 1 aliphatic rings. The number of amides is 1. The number of piperidine rings is 1. The van der Waals surface area contributed by atoms with Crippen molar-refractivity contribution in [3.8, 4) is 5.88 Å². The van der Waals surface area contributed by atoms with Crippen molar-refractivity contribution in [3.63, 3.8) is 0 Å². The highest BCUT2D eigenvalue weighted by Crippen LogP contribution is 2.33. The number of carbonyl (C=O) groups is 1. The number of aromatic nitrogens is 3. The second-order valence-electron chi connectivity index (χ2n) is 7.86. The first-order valence-corrected chi connectivity index (χ1v) is 10.2. The molecule has 0 bridgehead atoms. The highest BCUT2D eigenvalue weighted by atomic mass is 32.1. The van der Waals surface area contributed by atoms with E-state index in [0.29, 0.717) is 23.8 Å². The molecule has 1 N–H and O–H groups in total. The van der Waals surface area contributed by atoms with Crippen molar-refractivity contribution in [1.29, 1.82) is 0 Å². The third-order valence-electron chi connectivity index (χ3n) is 4.85. The lowest BCUT2D eigenvalue weighted by atomic mass is 9.92. The molecule has 3 rings (SSSR count). The summed E-state index contributed by atoms with van der Waals surface area (Å²) in [6.45, 7) is 3.93. The molecular formula is C19H23F3N4O3S. The second kappa shape index (κ2) is 8.46. The Kier molecular flexibility index (Phi) is 6.32. The number of hydrogen-bond donors (Lipinski definition) is 1. The van der Waals surface area contributed by atoms with Crippen LogP contribution in [0.1, 0.15) is 60.7 Å². The number of hydrogen-bond acceptors (Lipinski definition) is 7. The lowest BCUT2D eigenvalue weighted by molar-refractivity contribution is -0.154. The van der Waals surface area contributed by atoms with Crippen molar-refractivity contribution < 1.29 is 27.8 Å². The van der Waals surface area contributed by atoms with Crippen LogP contribution in [0.25, 0.3) is 0 Å². The summed E-state index contributed by atoms with van der Waals surface area (Å²) in [4.78, 5) is 23.0. The van der Waals surface area contributed by atoms with Crippen molar-refractivity contribution in [1.82, 2.24) is 19.2 Å². The number of likely N-dealkylation sites (tertiary alicyclic amines) is 1. The molecule has 0 radical (unpaired) electrons. The van der Waals surface area contributed by atoms with E-state index in [9.17, 15) is 23.1 Å². The van der Waals surface area contributed by atoms with Gasteiger partial charge in [-0.1, -0.05) is 0 Å². The van der Waals surface area contributed by atoms with Gasteiger partial charge in [0.25, 0.3) is 5.91 Å². The average molecular weight is 444 g/mol. The summed E-state index contributed by atoms with van der Waals surface area (Å²) in [5, 5.41) is 10.6. The molecule has 11 heteroatoms. The minimum Gasteiger partial charge on any atom is -0.467 e. The van der Waals surface area contributed by atoms with Crippen molar-refractivity contribution in [2.75, 3.05) is 13.2 Å². The van der Waals surface area contributed by atoms with Crippen LogP contribution >= 0.6 is 11.5 Å². The molecule has 7 nitrogen and oxygen atoms in total. The van der Waals surface area contributed by atoms with Gasteiger partial charge < -0.3 is 14.7 Å². The summed E-state index contributed by atoms with van der Waals surface area (Å²) in [6.07, 6.45) is -1.80. The smallest absolute Gasteiger partial charge is 0.422 e. The number of rotatable bonds is 5. The minimum absolute atomic E-state index is 0.0160. The van der Waals surface area contributed by atoms with Gasteiger partial charge in [-0.2, -0.15) is 17.5 Å². The fraction of sp³-hybridized carbons (Fsp3) is 0.579. The maximum atomic E-state index is 13.1. The standard InChI is InChI=1S/C19H23F3N4O3S/c1-11-6-7-12(14-24-17(30-25-14)18(2,3)28)9-26(11)16(27)13-5-4-8-23-15(13)29-10-19(20,21)22/h4-5,8,11-12,28H,6-7,9-10H2,1-3H3/t11-,12-/m1/s1. The van der Waals surface area contributed by atoms with Crippen molar-refractivity contribution >= 4 is 17.4 Å². The van der Waals surface area contributed by atoms with E-state index in [2.05, 4.69) is 14.3 Å². The molecule has 0 aliphatic carbocycles. The molecule has 0 aromatic carbocycles. The molecule has 3 heterocycles. The van der Waals surface area contributed by atoms with Crippen LogP contribution < -0.4 is 4.74 Å². The Balaban J connectivity index is 1.79. The minimum atomic E-state index is -4.53. The summed E-state index contributed by atoms with van der Waals surface area (Å²) in [6, 6.07) is 2.78. The van der Waals surface area contributed by atoms with Crippen LogP contribution in [0.15, 0.2) is 18.3 Å². The third-order valence-corrected chi connectivity index (χ3v) is 5.89. The van der Waals surface area contributed by atoms with Gasteiger partial charge in [0.1, 0.15) is 22.0 Å². The zero-order chi connectivity index (χ0) is 22.1. The fourth-order valence-corrected chi connectivity index (χ4v) is 3.95. The summed E-state index contributed by atoms with van der Waals surface area (Å²) in [5.41, 5.74) is -1.12. The molecule has 30 heavy (non-hydrogen) atoms. The van der Waals surface area contributed by atoms with E-state index in [-0.39, 0.29) is 23.4 Å². The van der Waals surface area contributed by atoms with Gasteiger partial charge in [-0.05, 0) is 57.3 Å². The molecule has 164 valence electrons. The Morgan fingerprint density at radius 1 is 1.37 bits per heavy atom. The first-order valence-electron chi connectivity index (χ1n) is 9.47. The zero-order valence-corrected chi connectivity index (χ0v) is 17.6. The van der Waals surface area contributed by atoms with E-state index in [1.807, 2.05) is 6.92 Å². The lowest BCUT2D eigenvalue weighted by Crippen LogP contribution is -2.45. The Hall–Kier alpha value is -2.27. The van der Waals surface area contributed by atoms with Gasteiger partial charge >= 0.3 is 6.18 Å². The molecule has 2 atom stereocenters. The van der Waals surface area contributed by atoms with Crippen LogP contribution in [0.3, 0.4) is 0 Å². The monoisotopic (exact) mass is 444 g/mol. The Morgan fingerprint density at radius 2 is 2.10 bits per heavy atom. The maximum Gasteiger partial charge on any atom is 0.422 e. The molecule has 2 aromatic rings. The quantitative estimate of drug-likeness (QED) is 0.759. The predicted molar refractivity (Wildman–Crippen MR) is 103 cm³/mol. The molecule has 0 saturated carbocycles. The third kappa shape index (κ3) is 5.25. The van der Waals surface area contributed by atoms with E-state index >= 15 is 0 Å². The van der Waals surface area contributed by atoms with Crippen LogP contribution in [0.2, 0.25) is 0 Å². The normalized spacial score (nSPS) is 20.3. The highest BCUT2D eigenvalue weighted by Gasteiger charge is 2.35. The molecule has 2 aromatic heterocycles. The number of ether oxygens (including phenoxy) is 1. The van der Waals surface area contributed by atoms with Gasteiger partial charge in [0.15, 0.2) is 6.61 Å². The Bertz CT molecular complexity index is 898. The average Bonchev–Trinajstić information content (AvgIpc) is 3.16. The molecule has 0 spiro atoms. The van der Waals surface area contributed by atoms with E-state index < -0.39 is 24.3 Å². The molecule has 1 fully saturated rings. The van der Waals surface area contributed by atoms with Gasteiger partial charge in [0.05, 0.1) is 0 Å². The summed E-state index contributed by atoms with van der Waals surface area (Å²) in [5.74, 6) is -0.365. The van der Waals surface area contributed by atoms with E-state index in [4.69, 9.17) is 4.74 Å². The molecule has 1 aliphatic heterocycles. The van der Waals surface area contributed by atoms with Gasteiger partial charge in [0, 0.05) is 24.7 Å². The van der Waals surface area contributed by atoms with Gasteiger partial charge in [-0.3, -0.25) is 4.79 Å². The number of alkyl halides is 3. The number of halogens is 3. The first kappa shape index (κ1) is 22.4. The topological polar surface area (TPSA) is 88.4 Å². The lowest BCUT2D eigenvalue weighted by Gasteiger charge is -2.37. The highest BCUT2D eigenvalue weighted by molar-refractivity contribution is 7.05. The van der Waals surface area contributed by atoms with Crippen molar-refractivity contribution in [2.24, 2.45) is 0 Å². The molecule has 1 saturated heterocycles. The van der Waals surface area contributed by atoms with Crippen LogP contribution in [-0.4, -0.2) is 55.6 Å². The largest absolute Gasteiger partial charge is 0.467 e. The van der Waals surface area contributed by atoms with Crippen LogP contribution in [0.5, 0.6) is 5.88 Å². The SMILES string of the molecule is C[C@@H]1CC[C@@H](c2nsc(C(C)(C)O)n2)CN1C(=O)c1cccnc1OCC(F)(F)F. The first-order chi connectivity index (χ1) is 14.0. The number of aliphatic hydroxyl groups is 1. The van der Waals surface area contributed by atoms with E-state index in [1.54, 1.807) is 18.7 Å². The van der Waals surface area contributed by atoms with Crippen LogP contribution in [0, 0.1) is 0 Å². The Labute approximate surface area is 176 Å². The fourth-order valence-electron chi connectivity index (χ4n) is 3.22. The predicted octanol–water partition coefficient (Wildman–Crippen LogP) is 3.51. The van der Waals surface area contributed by atoms with Crippen LogP contribution in [-0.2, 0) is 5.60 Å². The van der Waals surface area contributed by atoms with Gasteiger partial charge in [0.2, 0.25) is 5.88 Å².